The van der Waals surface area contributed by atoms with Crippen molar-refractivity contribution in [2.24, 2.45) is 11.7 Å². The minimum absolute atomic E-state index is 0.214. The number of carbonyl (C=O) groups excluding carboxylic acids is 1. The van der Waals surface area contributed by atoms with Gasteiger partial charge in [0.15, 0.2) is 19.7 Å². The van der Waals surface area contributed by atoms with Crippen LogP contribution in [0.15, 0.2) is 21.9 Å². The molecule has 0 saturated carbocycles. The first-order valence-electron chi connectivity index (χ1n) is 19.3. The summed E-state index contributed by atoms with van der Waals surface area (Å²) >= 11 is 0. The number of nitro groups is 1. The van der Waals surface area contributed by atoms with Gasteiger partial charge in [0.2, 0.25) is 0 Å². The third-order valence-electron chi connectivity index (χ3n) is 9.92. The van der Waals surface area contributed by atoms with Crippen molar-refractivity contribution in [3.05, 3.63) is 27.8 Å². The van der Waals surface area contributed by atoms with Gasteiger partial charge in [-0.25, -0.2) is 16.8 Å². The third-order valence-corrected chi connectivity index (χ3v) is 13.5. The molecule has 0 radical (unpaired) electrons. The number of nitrogens with zero attached hydrogens (tertiary/aromatic N) is 2. The fourth-order valence-corrected chi connectivity index (χ4v) is 9.76. The van der Waals surface area contributed by atoms with E-state index in [0.717, 1.165) is 57.1 Å². The van der Waals surface area contributed by atoms with Gasteiger partial charge in [0.1, 0.15) is 10.5 Å². The highest BCUT2D eigenvalue weighted by Crippen LogP contribution is 2.35. The van der Waals surface area contributed by atoms with Gasteiger partial charge in [0.25, 0.3) is 5.91 Å². The third kappa shape index (κ3) is 15.4. The minimum Gasteiger partial charge on any atom is -0.338 e. The van der Waals surface area contributed by atoms with Crippen molar-refractivity contribution in [2.45, 2.75) is 165 Å². The van der Waals surface area contributed by atoms with Crippen molar-refractivity contribution in [3.8, 4) is 0 Å². The Morgan fingerprint density at radius 3 is 1.53 bits per heavy atom. The molecule has 1 aromatic rings. The van der Waals surface area contributed by atoms with Crippen LogP contribution in [0.3, 0.4) is 0 Å². The number of carbonyl (C=O) groups is 1. The molecule has 1 aromatic carbocycles. The Kier molecular flexibility index (Phi) is 20.6. The number of sulfone groups is 2. The molecule has 0 atom stereocenters. The Balaban J connectivity index is 2.22. The van der Waals surface area contributed by atoms with Crippen molar-refractivity contribution in [2.75, 3.05) is 31.1 Å². The predicted octanol–water partition coefficient (Wildman–Crippen LogP) is 8.79. The molecule has 0 unspecified atom stereocenters. The smallest absolute Gasteiger partial charge is 0.300 e. The molecule has 49 heavy (non-hydrogen) atoms. The van der Waals surface area contributed by atoms with Crippen molar-refractivity contribution in [1.29, 1.82) is 0 Å². The van der Waals surface area contributed by atoms with Gasteiger partial charge in [-0.3, -0.25) is 14.9 Å². The Morgan fingerprint density at radius 1 is 0.714 bits per heavy atom. The average molecular weight is 728 g/mol. The van der Waals surface area contributed by atoms with Gasteiger partial charge in [-0.05, 0) is 50.3 Å². The summed E-state index contributed by atoms with van der Waals surface area (Å²) in [5, 5.41) is 12.5. The van der Waals surface area contributed by atoms with Crippen LogP contribution in [0.25, 0.3) is 0 Å². The van der Waals surface area contributed by atoms with E-state index in [1.807, 2.05) is 0 Å². The topological polar surface area (TPSA) is 158 Å². The average Bonchev–Trinajstić information content (AvgIpc) is 3.08. The summed E-state index contributed by atoms with van der Waals surface area (Å²) in [6.45, 7) is 5.47. The van der Waals surface area contributed by atoms with E-state index in [4.69, 9.17) is 5.73 Å². The molecule has 0 aliphatic carbocycles. The number of hydrogen-bond acceptors (Lipinski definition) is 8. The standard InChI is InChI=1S/C37H65N3O7S2/c1-3-5-7-9-11-13-15-17-19-21-27-48(44,45)33-29-34(37(41)39-25-23-32(31-38)24-26-39)36(40(42)43)35(30-33)49(46,47)28-22-20-18-16-14-12-10-8-6-4-2/h29-30,32H,3-28,31,38H2,1-2H3. The molecule has 282 valence electrons. The summed E-state index contributed by atoms with van der Waals surface area (Å²) in [6, 6.07) is 1.98. The Bertz CT molecular complexity index is 1340. The van der Waals surface area contributed by atoms with Gasteiger partial charge in [0.05, 0.1) is 21.3 Å². The number of hydrogen-bond donors (Lipinski definition) is 1. The van der Waals surface area contributed by atoms with E-state index in [1.54, 1.807) is 0 Å². The lowest BCUT2D eigenvalue weighted by molar-refractivity contribution is -0.388. The number of rotatable bonds is 27. The fraction of sp³-hybridized carbons (Fsp3) is 0.811. The molecule has 10 nitrogen and oxygen atoms in total. The van der Waals surface area contributed by atoms with Crippen molar-refractivity contribution >= 4 is 31.3 Å². The molecule has 1 aliphatic heterocycles. The van der Waals surface area contributed by atoms with Gasteiger partial charge in [0, 0.05) is 13.1 Å². The highest BCUT2D eigenvalue weighted by Gasteiger charge is 2.37. The van der Waals surface area contributed by atoms with Crippen LogP contribution in [0.1, 0.15) is 165 Å². The summed E-state index contributed by atoms with van der Waals surface area (Å²) in [7, 11) is -8.27. The molecule has 1 heterocycles. The van der Waals surface area contributed by atoms with Gasteiger partial charge < -0.3 is 10.6 Å². The fourth-order valence-electron chi connectivity index (χ4n) is 6.68. The van der Waals surface area contributed by atoms with Crippen LogP contribution in [0, 0.1) is 16.0 Å². The molecular weight excluding hydrogens is 663 g/mol. The second-order valence-electron chi connectivity index (χ2n) is 14.0. The molecule has 2 rings (SSSR count). The molecule has 1 amide bonds. The minimum atomic E-state index is -4.26. The second kappa shape index (κ2) is 23.4. The van der Waals surface area contributed by atoms with Gasteiger partial charge >= 0.3 is 5.69 Å². The maximum Gasteiger partial charge on any atom is 0.300 e. The van der Waals surface area contributed by atoms with Crippen LogP contribution >= 0.6 is 0 Å². The monoisotopic (exact) mass is 727 g/mol. The number of unbranched alkanes of at least 4 members (excludes halogenated alkanes) is 18. The van der Waals surface area contributed by atoms with Crippen LogP contribution in [0.5, 0.6) is 0 Å². The van der Waals surface area contributed by atoms with E-state index < -0.39 is 46.7 Å². The molecule has 1 aliphatic rings. The van der Waals surface area contributed by atoms with Gasteiger partial charge in [-0.1, -0.05) is 129 Å². The van der Waals surface area contributed by atoms with E-state index in [-0.39, 0.29) is 22.3 Å². The largest absolute Gasteiger partial charge is 0.338 e. The highest BCUT2D eigenvalue weighted by atomic mass is 32.2. The van der Waals surface area contributed by atoms with Crippen LogP contribution in [0.2, 0.25) is 0 Å². The number of nitro benzene ring substituents is 1. The number of likely N-dealkylation sites (tertiary alicyclic amines) is 1. The van der Waals surface area contributed by atoms with E-state index in [2.05, 4.69) is 13.8 Å². The number of piperidine rings is 1. The molecule has 1 fully saturated rings. The predicted molar refractivity (Wildman–Crippen MR) is 199 cm³/mol. The molecule has 0 aromatic heterocycles. The molecule has 0 spiro atoms. The highest BCUT2D eigenvalue weighted by molar-refractivity contribution is 7.92. The first-order chi connectivity index (χ1) is 23.5. The maximum atomic E-state index is 13.8. The quantitative estimate of drug-likeness (QED) is 0.0535. The SMILES string of the molecule is CCCCCCCCCCCCS(=O)(=O)c1cc(C(=O)N2CCC(CN)CC2)c([N+](=O)[O-])c(S(=O)(=O)CCCCCCCCCCCC)c1. The van der Waals surface area contributed by atoms with E-state index in [1.165, 1.54) is 62.7 Å². The number of amides is 1. The van der Waals surface area contributed by atoms with Crippen molar-refractivity contribution < 1.29 is 26.6 Å². The van der Waals surface area contributed by atoms with E-state index >= 15 is 0 Å². The maximum absolute atomic E-state index is 13.8. The number of nitrogens with two attached hydrogens (primary N) is 1. The molecular formula is C37H65N3O7S2. The van der Waals surface area contributed by atoms with Gasteiger partial charge in [-0.15, -0.1) is 0 Å². The first kappa shape index (κ1) is 43.1. The number of benzene rings is 1. The summed E-state index contributed by atoms with van der Waals surface area (Å²) in [6.07, 6.45) is 21.5. The molecule has 2 N–H and O–H groups in total. The Labute approximate surface area is 297 Å². The molecule has 1 saturated heterocycles. The summed E-state index contributed by atoms with van der Waals surface area (Å²) in [4.78, 5) is 25.8. The lowest BCUT2D eigenvalue weighted by Crippen LogP contribution is -2.40. The summed E-state index contributed by atoms with van der Waals surface area (Å²) < 4.78 is 54.6. The van der Waals surface area contributed by atoms with E-state index in [0.29, 0.717) is 58.2 Å². The Hall–Kier alpha value is -2.05. The zero-order valence-electron chi connectivity index (χ0n) is 30.5. The normalized spacial score (nSPS) is 14.4. The van der Waals surface area contributed by atoms with Gasteiger partial charge in [-0.2, -0.15) is 0 Å². The molecule has 0 bridgehead atoms. The zero-order valence-corrected chi connectivity index (χ0v) is 32.1. The van der Waals surface area contributed by atoms with Crippen LogP contribution in [0.4, 0.5) is 5.69 Å². The zero-order chi connectivity index (χ0) is 36.1. The van der Waals surface area contributed by atoms with Crippen molar-refractivity contribution in [1.82, 2.24) is 4.90 Å². The lowest BCUT2D eigenvalue weighted by Gasteiger charge is -2.31. The van der Waals surface area contributed by atoms with Crippen molar-refractivity contribution in [3.63, 3.8) is 0 Å². The van der Waals surface area contributed by atoms with E-state index in [9.17, 15) is 31.7 Å². The lowest BCUT2D eigenvalue weighted by atomic mass is 9.96. The van der Waals surface area contributed by atoms with Crippen LogP contribution < -0.4 is 5.73 Å². The summed E-state index contributed by atoms with van der Waals surface area (Å²) in [5.41, 5.74) is 4.51. The second-order valence-corrected chi connectivity index (χ2v) is 18.2. The molecule has 12 heteroatoms. The summed E-state index contributed by atoms with van der Waals surface area (Å²) in [5.74, 6) is -1.05. The van der Waals surface area contributed by atoms with Crippen LogP contribution in [-0.4, -0.2) is 63.7 Å². The Morgan fingerprint density at radius 2 is 1.12 bits per heavy atom. The first-order valence-corrected chi connectivity index (χ1v) is 22.6. The van der Waals surface area contributed by atoms with Crippen LogP contribution in [-0.2, 0) is 19.7 Å².